The molecule has 1 aromatic carbocycles. The second kappa shape index (κ2) is 8.44. The van der Waals surface area contributed by atoms with Gasteiger partial charge in [-0.05, 0) is 38.6 Å². The second-order valence-electron chi connectivity index (χ2n) is 8.36. The van der Waals surface area contributed by atoms with Crippen LogP contribution in [-0.4, -0.2) is 69.1 Å². The smallest absolute Gasteiger partial charge is 0.274 e. The summed E-state index contributed by atoms with van der Waals surface area (Å²) in [5.41, 5.74) is 4.41. The molecule has 1 atom stereocenters. The van der Waals surface area contributed by atoms with Crippen LogP contribution in [0.15, 0.2) is 42.7 Å². The van der Waals surface area contributed by atoms with Crippen LogP contribution in [0.4, 0.5) is 0 Å². The third-order valence-electron chi connectivity index (χ3n) is 6.20. The quantitative estimate of drug-likeness (QED) is 0.500. The number of fused-ring (bicyclic) bond motifs is 1. The number of carbonyl (C=O) groups is 1. The summed E-state index contributed by atoms with van der Waals surface area (Å²) in [5.74, 6) is -0.0197. The molecule has 0 aliphatic carbocycles. The van der Waals surface area contributed by atoms with Crippen molar-refractivity contribution in [2.45, 2.75) is 25.8 Å². The molecule has 0 saturated carbocycles. The van der Waals surface area contributed by atoms with Crippen molar-refractivity contribution < 1.29 is 4.79 Å². The molecule has 7 nitrogen and oxygen atoms in total. The van der Waals surface area contributed by atoms with Gasteiger partial charge in [0.05, 0.1) is 10.4 Å². The summed E-state index contributed by atoms with van der Waals surface area (Å²) in [6.07, 6.45) is 5.42. The molecule has 0 bridgehead atoms. The number of rotatable bonds is 5. The maximum Gasteiger partial charge on any atom is 0.274 e. The molecule has 0 unspecified atom stereocenters. The molecule has 5 rings (SSSR count). The van der Waals surface area contributed by atoms with Crippen molar-refractivity contribution >= 4 is 28.1 Å². The molecule has 164 valence electrons. The number of thiazole rings is 1. The maximum atomic E-state index is 13.6. The number of H-pyrrole nitrogens is 1. The zero-order valence-corrected chi connectivity index (χ0v) is 19.3. The van der Waals surface area contributed by atoms with E-state index in [1.54, 1.807) is 12.4 Å². The Bertz CT molecular complexity index is 1260. The molecule has 1 aliphatic heterocycles. The molecule has 4 heterocycles. The lowest BCUT2D eigenvalue weighted by Gasteiger charge is -2.20. The van der Waals surface area contributed by atoms with Crippen molar-refractivity contribution in [1.29, 1.82) is 0 Å². The SMILES string of the molecule is CCc1cccc2c(-c3nc(C(=O)N4CC[C@H](N(C)C)C4)c(-c4cccnc4)s3)[nH]nc12. The monoisotopic (exact) mass is 446 g/mol. The Kier molecular flexibility index (Phi) is 5.48. The Hall–Kier alpha value is -3.10. The van der Waals surface area contributed by atoms with Gasteiger partial charge in [-0.1, -0.05) is 31.2 Å². The Balaban J connectivity index is 1.59. The van der Waals surface area contributed by atoms with Gasteiger partial charge in [0.25, 0.3) is 5.91 Å². The zero-order valence-electron chi connectivity index (χ0n) is 18.5. The Morgan fingerprint density at radius 3 is 2.88 bits per heavy atom. The lowest BCUT2D eigenvalue weighted by Crippen LogP contribution is -2.34. The van der Waals surface area contributed by atoms with Crippen LogP contribution < -0.4 is 0 Å². The summed E-state index contributed by atoms with van der Waals surface area (Å²) < 4.78 is 0. The van der Waals surface area contributed by atoms with Crippen LogP contribution in [0, 0.1) is 0 Å². The highest BCUT2D eigenvalue weighted by Gasteiger charge is 2.32. The Morgan fingerprint density at radius 2 is 2.16 bits per heavy atom. The Labute approximate surface area is 191 Å². The summed E-state index contributed by atoms with van der Waals surface area (Å²) in [7, 11) is 4.13. The molecule has 1 amide bonds. The van der Waals surface area contributed by atoms with E-state index in [4.69, 9.17) is 4.98 Å². The number of benzene rings is 1. The van der Waals surface area contributed by atoms with Gasteiger partial charge in [0, 0.05) is 42.5 Å². The van der Waals surface area contributed by atoms with E-state index < -0.39 is 0 Å². The molecular weight excluding hydrogens is 420 g/mol. The molecule has 1 saturated heterocycles. The van der Waals surface area contributed by atoms with Crippen molar-refractivity contribution in [3.05, 3.63) is 54.0 Å². The molecule has 32 heavy (non-hydrogen) atoms. The van der Waals surface area contributed by atoms with E-state index in [1.165, 1.54) is 16.9 Å². The van der Waals surface area contributed by atoms with E-state index in [2.05, 4.69) is 53.2 Å². The van der Waals surface area contributed by atoms with E-state index >= 15 is 0 Å². The molecule has 1 fully saturated rings. The minimum absolute atomic E-state index is 0.0197. The molecule has 4 aromatic rings. The second-order valence-corrected chi connectivity index (χ2v) is 9.36. The largest absolute Gasteiger partial charge is 0.336 e. The number of aromatic amines is 1. The van der Waals surface area contributed by atoms with Gasteiger partial charge in [-0.25, -0.2) is 4.98 Å². The minimum Gasteiger partial charge on any atom is -0.336 e. The molecule has 8 heteroatoms. The number of amides is 1. The zero-order chi connectivity index (χ0) is 22.2. The van der Waals surface area contributed by atoms with Crippen LogP contribution in [0.5, 0.6) is 0 Å². The normalized spacial score (nSPS) is 16.4. The highest BCUT2D eigenvalue weighted by Crippen LogP contribution is 2.38. The van der Waals surface area contributed by atoms with Crippen molar-refractivity contribution in [2.24, 2.45) is 0 Å². The Morgan fingerprint density at radius 1 is 1.28 bits per heavy atom. The topological polar surface area (TPSA) is 78.0 Å². The van der Waals surface area contributed by atoms with Crippen molar-refractivity contribution in [3.63, 3.8) is 0 Å². The molecule has 1 aliphatic rings. The molecule has 0 radical (unpaired) electrons. The number of carbonyl (C=O) groups excluding carboxylic acids is 1. The first-order valence-electron chi connectivity index (χ1n) is 10.9. The molecule has 1 N–H and O–H groups in total. The van der Waals surface area contributed by atoms with Gasteiger partial charge < -0.3 is 9.80 Å². The van der Waals surface area contributed by atoms with Gasteiger partial charge in [0.2, 0.25) is 0 Å². The van der Waals surface area contributed by atoms with Crippen molar-refractivity contribution in [2.75, 3.05) is 27.2 Å². The van der Waals surface area contributed by atoms with Gasteiger partial charge in [-0.3, -0.25) is 14.9 Å². The summed E-state index contributed by atoms with van der Waals surface area (Å²) in [4.78, 5) is 27.6. The first-order chi connectivity index (χ1) is 15.6. The summed E-state index contributed by atoms with van der Waals surface area (Å²) in [6, 6.07) is 10.5. The lowest BCUT2D eigenvalue weighted by molar-refractivity contribution is 0.0779. The minimum atomic E-state index is -0.0197. The number of pyridine rings is 1. The van der Waals surface area contributed by atoms with Crippen molar-refractivity contribution in [1.82, 2.24) is 30.0 Å². The summed E-state index contributed by atoms with van der Waals surface area (Å²) >= 11 is 1.51. The van der Waals surface area contributed by atoms with Crippen LogP contribution in [0.1, 0.15) is 29.4 Å². The predicted octanol–water partition coefficient (Wildman–Crippen LogP) is 4.09. The highest BCUT2D eigenvalue weighted by molar-refractivity contribution is 7.18. The molecule has 0 spiro atoms. The number of likely N-dealkylation sites (tertiary alicyclic amines) is 1. The van der Waals surface area contributed by atoms with Crippen LogP contribution in [0.2, 0.25) is 0 Å². The average molecular weight is 447 g/mol. The highest BCUT2D eigenvalue weighted by atomic mass is 32.1. The number of para-hydroxylation sites is 1. The maximum absolute atomic E-state index is 13.6. The first kappa shape index (κ1) is 20.8. The van der Waals surface area contributed by atoms with Crippen LogP contribution in [0.3, 0.4) is 0 Å². The van der Waals surface area contributed by atoms with Gasteiger partial charge in [-0.2, -0.15) is 5.10 Å². The van der Waals surface area contributed by atoms with E-state index in [-0.39, 0.29) is 5.91 Å². The number of aromatic nitrogens is 4. The number of hydrogen-bond donors (Lipinski definition) is 1. The van der Waals surface area contributed by atoms with Crippen molar-refractivity contribution in [3.8, 4) is 21.1 Å². The fourth-order valence-corrected chi connectivity index (χ4v) is 5.36. The number of nitrogens with one attached hydrogen (secondary N) is 1. The average Bonchev–Trinajstić information content (AvgIpc) is 3.56. The van der Waals surface area contributed by atoms with Crippen LogP contribution >= 0.6 is 11.3 Å². The van der Waals surface area contributed by atoms with Crippen LogP contribution in [-0.2, 0) is 6.42 Å². The van der Waals surface area contributed by atoms with Gasteiger partial charge in [-0.15, -0.1) is 11.3 Å². The van der Waals surface area contributed by atoms with E-state index in [0.717, 1.165) is 58.0 Å². The number of nitrogens with zero attached hydrogens (tertiary/aromatic N) is 5. The number of hydrogen-bond acceptors (Lipinski definition) is 6. The van der Waals surface area contributed by atoms with Gasteiger partial charge in [0.1, 0.15) is 16.4 Å². The van der Waals surface area contributed by atoms with E-state index in [0.29, 0.717) is 11.7 Å². The van der Waals surface area contributed by atoms with E-state index in [1.807, 2.05) is 23.1 Å². The van der Waals surface area contributed by atoms with Crippen LogP contribution in [0.25, 0.3) is 32.0 Å². The summed E-state index contributed by atoms with van der Waals surface area (Å²) in [6.45, 7) is 3.59. The standard InChI is InChI=1S/C24H26N6OS/c1-4-15-7-5-9-18-19(15)27-28-20(18)23-26-21(22(32-23)16-8-6-11-25-13-16)24(31)30-12-10-17(14-30)29(2)3/h5-9,11,13,17H,4,10,12,14H2,1-3H3,(H,27,28)/t17-/m0/s1. The third-order valence-corrected chi connectivity index (χ3v) is 7.32. The first-order valence-corrected chi connectivity index (χ1v) is 11.7. The molecular formula is C24H26N6OS. The molecule has 3 aromatic heterocycles. The summed E-state index contributed by atoms with van der Waals surface area (Å²) in [5, 5.41) is 9.54. The predicted molar refractivity (Wildman–Crippen MR) is 128 cm³/mol. The number of aryl methyl sites for hydroxylation is 1. The van der Waals surface area contributed by atoms with Gasteiger partial charge >= 0.3 is 0 Å². The van der Waals surface area contributed by atoms with E-state index in [9.17, 15) is 4.79 Å². The lowest BCUT2D eigenvalue weighted by atomic mass is 10.1. The fourth-order valence-electron chi connectivity index (χ4n) is 4.31. The van der Waals surface area contributed by atoms with Gasteiger partial charge in [0.15, 0.2) is 0 Å². The fraction of sp³-hybridized carbons (Fsp3) is 0.333. The third kappa shape index (κ3) is 3.59. The number of likely N-dealkylation sites (N-methyl/N-ethyl adjacent to an activating group) is 1.